The molecule has 0 saturated carbocycles. The monoisotopic (exact) mass is 498 g/mol. The van der Waals surface area contributed by atoms with Crippen LogP contribution in [0.5, 0.6) is 0 Å². The fraction of sp³-hybridized carbons (Fsp3) is 0.714. The fourth-order valence-electron chi connectivity index (χ4n) is 7.26. The summed E-state index contributed by atoms with van der Waals surface area (Å²) >= 11 is 0. The van der Waals surface area contributed by atoms with Gasteiger partial charge in [0.25, 0.3) is 0 Å². The van der Waals surface area contributed by atoms with Crippen LogP contribution in [0.15, 0.2) is 45.1 Å². The summed E-state index contributed by atoms with van der Waals surface area (Å²) in [6.07, 6.45) is 14.1. The molecule has 0 aromatic rings. The van der Waals surface area contributed by atoms with Gasteiger partial charge in [-0.2, -0.15) is 0 Å². The third-order valence-corrected chi connectivity index (χ3v) is 18.2. The minimum Gasteiger partial charge on any atom is -0.0845 e. The standard InChI is InChI=1S/C28H50Si4/c1-29(2,3)19-13-21-23(17-27(25(21)15-19)31(7,8)9)24-18-28(32(10,11)12)26-16-20(14-22(24)26)30(4,5)6/h15-18,21-26H,13-14H2,1-12H3. The first-order valence-corrected chi connectivity index (χ1v) is 27.3. The zero-order chi connectivity index (χ0) is 24.0. The van der Waals surface area contributed by atoms with Crippen LogP contribution in [0.3, 0.4) is 0 Å². The SMILES string of the molecule is C[Si](C)(C)C1=CC2C([Si](C)(C)C)=CC(C3C=C([Si](C)(C)C)C4C=C([Si](C)(C)C)CC43)C2C1. The van der Waals surface area contributed by atoms with Crippen LogP contribution in [0.2, 0.25) is 78.6 Å². The molecule has 0 amide bonds. The summed E-state index contributed by atoms with van der Waals surface area (Å²) in [7, 11) is -5.05. The molecule has 0 saturated heterocycles. The molecule has 0 N–H and O–H groups in total. The zero-order valence-corrected chi connectivity index (χ0v) is 27.2. The third-order valence-electron chi connectivity index (χ3n) is 9.15. The Morgan fingerprint density at radius 1 is 0.469 bits per heavy atom. The van der Waals surface area contributed by atoms with E-state index in [-0.39, 0.29) is 0 Å². The van der Waals surface area contributed by atoms with Crippen molar-refractivity contribution < 1.29 is 0 Å². The fourth-order valence-corrected chi connectivity index (χ4v) is 14.3. The van der Waals surface area contributed by atoms with Crippen LogP contribution >= 0.6 is 0 Å². The Hall–Kier alpha value is -0.172. The van der Waals surface area contributed by atoms with Crippen LogP contribution in [0.1, 0.15) is 12.8 Å². The molecule has 4 rings (SSSR count). The second kappa shape index (κ2) is 7.66. The molecule has 0 heterocycles. The summed E-state index contributed by atoms with van der Waals surface area (Å²) < 4.78 is 0. The van der Waals surface area contributed by atoms with Crippen LogP contribution in [0.4, 0.5) is 0 Å². The first-order valence-electron chi connectivity index (χ1n) is 13.3. The number of hydrogen-bond acceptors (Lipinski definition) is 0. The van der Waals surface area contributed by atoms with Crippen molar-refractivity contribution in [2.24, 2.45) is 35.5 Å². The van der Waals surface area contributed by atoms with Crippen molar-refractivity contribution in [1.82, 2.24) is 0 Å². The summed E-state index contributed by atoms with van der Waals surface area (Å²) in [5.74, 6) is 4.81. The maximum atomic E-state index is 2.87. The van der Waals surface area contributed by atoms with Crippen molar-refractivity contribution in [2.75, 3.05) is 0 Å². The second-order valence-corrected chi connectivity index (χ2v) is 36.0. The minimum absolute atomic E-state index is 0.766. The maximum absolute atomic E-state index is 2.87. The molecule has 6 atom stereocenters. The second-order valence-electron chi connectivity index (χ2n) is 15.6. The summed E-state index contributed by atoms with van der Waals surface area (Å²) in [6.45, 7) is 31.0. The molecule has 4 heteroatoms. The van der Waals surface area contributed by atoms with E-state index in [1.807, 2.05) is 20.8 Å². The number of hydrogen-bond donors (Lipinski definition) is 0. The van der Waals surface area contributed by atoms with E-state index < -0.39 is 32.3 Å². The molecule has 32 heavy (non-hydrogen) atoms. The van der Waals surface area contributed by atoms with Gasteiger partial charge in [-0.1, -0.05) is 124 Å². The Morgan fingerprint density at radius 3 is 1.03 bits per heavy atom. The Labute approximate surface area is 203 Å². The number of rotatable bonds is 5. The lowest BCUT2D eigenvalue weighted by Crippen LogP contribution is -2.29. The summed E-state index contributed by atoms with van der Waals surface area (Å²) in [5.41, 5.74) is 0. The van der Waals surface area contributed by atoms with E-state index in [9.17, 15) is 0 Å². The Morgan fingerprint density at radius 2 is 0.781 bits per heavy atom. The van der Waals surface area contributed by atoms with Gasteiger partial charge >= 0.3 is 0 Å². The van der Waals surface area contributed by atoms with Crippen molar-refractivity contribution in [2.45, 2.75) is 91.4 Å². The molecular formula is C28H50Si4. The van der Waals surface area contributed by atoms with Crippen LogP contribution < -0.4 is 0 Å². The number of allylic oxidation sites excluding steroid dienone is 8. The molecule has 4 aliphatic carbocycles. The maximum Gasteiger partial charge on any atom is 0.0728 e. The lowest BCUT2D eigenvalue weighted by Gasteiger charge is -2.31. The van der Waals surface area contributed by atoms with Crippen LogP contribution in [-0.4, -0.2) is 32.3 Å². The van der Waals surface area contributed by atoms with Gasteiger partial charge in [0.15, 0.2) is 0 Å². The molecule has 0 aliphatic heterocycles. The van der Waals surface area contributed by atoms with Crippen molar-refractivity contribution in [3.8, 4) is 0 Å². The molecule has 0 bridgehead atoms. The normalized spacial score (nSPS) is 35.4. The molecular weight excluding hydrogens is 449 g/mol. The lowest BCUT2D eigenvalue weighted by atomic mass is 9.75. The molecule has 0 aromatic heterocycles. The quantitative estimate of drug-likeness (QED) is 0.332. The molecule has 4 aliphatic rings. The van der Waals surface area contributed by atoms with Crippen molar-refractivity contribution in [1.29, 1.82) is 0 Å². The highest BCUT2D eigenvalue weighted by Crippen LogP contribution is 2.59. The van der Waals surface area contributed by atoms with Crippen molar-refractivity contribution >= 4 is 32.3 Å². The first kappa shape index (κ1) is 24.9. The predicted molar refractivity (Wildman–Crippen MR) is 156 cm³/mol. The van der Waals surface area contributed by atoms with Gasteiger partial charge in [0.1, 0.15) is 0 Å². The van der Waals surface area contributed by atoms with Crippen molar-refractivity contribution in [3.05, 3.63) is 45.1 Å². The predicted octanol–water partition coefficient (Wildman–Crippen LogP) is 8.73. The van der Waals surface area contributed by atoms with E-state index in [0.717, 1.165) is 35.5 Å². The third kappa shape index (κ3) is 4.31. The van der Waals surface area contributed by atoms with E-state index in [0.29, 0.717) is 0 Å². The van der Waals surface area contributed by atoms with Gasteiger partial charge in [0.05, 0.1) is 32.3 Å². The van der Waals surface area contributed by atoms with E-state index in [4.69, 9.17) is 0 Å². The van der Waals surface area contributed by atoms with E-state index >= 15 is 0 Å². The van der Waals surface area contributed by atoms with E-state index in [1.165, 1.54) is 12.8 Å². The van der Waals surface area contributed by atoms with Crippen LogP contribution in [0, 0.1) is 35.5 Å². The highest BCUT2D eigenvalue weighted by Gasteiger charge is 2.53. The highest BCUT2D eigenvalue weighted by molar-refractivity contribution is 6.85. The van der Waals surface area contributed by atoms with Gasteiger partial charge in [0, 0.05) is 0 Å². The molecule has 0 aromatic carbocycles. The van der Waals surface area contributed by atoms with Crippen LogP contribution in [0.25, 0.3) is 0 Å². The molecule has 0 spiro atoms. The van der Waals surface area contributed by atoms with Gasteiger partial charge in [-0.05, 0) is 48.3 Å². The highest BCUT2D eigenvalue weighted by atomic mass is 28.3. The van der Waals surface area contributed by atoms with Gasteiger partial charge in [-0.3, -0.25) is 0 Å². The Balaban J connectivity index is 1.74. The van der Waals surface area contributed by atoms with E-state index in [1.54, 1.807) is 0 Å². The van der Waals surface area contributed by atoms with Gasteiger partial charge in [0.2, 0.25) is 0 Å². The topological polar surface area (TPSA) is 0 Å². The zero-order valence-electron chi connectivity index (χ0n) is 23.2. The largest absolute Gasteiger partial charge is 0.0845 e. The average Bonchev–Trinajstić information content (AvgIpc) is 3.29. The minimum atomic E-state index is -1.31. The molecule has 0 nitrogen and oxygen atoms in total. The molecule has 0 radical (unpaired) electrons. The summed E-state index contributed by atoms with van der Waals surface area (Å²) in [4.78, 5) is 0. The number of fused-ring (bicyclic) bond motifs is 2. The van der Waals surface area contributed by atoms with E-state index in [2.05, 4.69) is 103 Å². The molecule has 178 valence electrons. The smallest absolute Gasteiger partial charge is 0.0728 e. The first-order chi connectivity index (χ1) is 14.4. The molecule has 0 fully saturated rings. The lowest BCUT2D eigenvalue weighted by molar-refractivity contribution is 0.247. The van der Waals surface area contributed by atoms with Crippen molar-refractivity contribution in [3.63, 3.8) is 0 Å². The van der Waals surface area contributed by atoms with Gasteiger partial charge < -0.3 is 0 Å². The van der Waals surface area contributed by atoms with Gasteiger partial charge in [-0.15, -0.1) is 0 Å². The molecule has 6 unspecified atom stereocenters. The average molecular weight is 499 g/mol. The van der Waals surface area contributed by atoms with Crippen LogP contribution in [-0.2, 0) is 0 Å². The Bertz CT molecular complexity index is 829. The summed E-state index contributed by atoms with van der Waals surface area (Å²) in [5, 5.41) is 7.53. The van der Waals surface area contributed by atoms with Gasteiger partial charge in [-0.25, -0.2) is 0 Å². The summed E-state index contributed by atoms with van der Waals surface area (Å²) in [6, 6.07) is 0. The Kier molecular flexibility index (Phi) is 5.97.